The highest BCUT2D eigenvalue weighted by atomic mass is 79.9. The summed E-state index contributed by atoms with van der Waals surface area (Å²) in [7, 11) is -2.37. The molecule has 1 aromatic rings. The van der Waals surface area contributed by atoms with E-state index in [0.717, 1.165) is 0 Å². The first-order valence-electron chi connectivity index (χ1n) is 3.42. The van der Waals surface area contributed by atoms with E-state index >= 15 is 0 Å². The van der Waals surface area contributed by atoms with Gasteiger partial charge in [0.15, 0.2) is 0 Å². The number of halogens is 2. The molecule has 4 heteroatoms. The smallest absolute Gasteiger partial charge is 0.124 e. The molecule has 1 nitrogen and oxygen atoms in total. The van der Waals surface area contributed by atoms with Crippen LogP contribution in [0.1, 0.15) is 0 Å². The third kappa shape index (κ3) is 2.18. The zero-order valence-corrected chi connectivity index (χ0v) is 9.32. The second-order valence-corrected chi connectivity index (χ2v) is 6.98. The number of benzene rings is 1. The Hall–Kier alpha value is -0.140. The van der Waals surface area contributed by atoms with Crippen molar-refractivity contribution in [1.29, 1.82) is 0 Å². The molecule has 0 unspecified atom stereocenters. The third-order valence-corrected chi connectivity index (χ3v) is 4.02. The summed E-state index contributed by atoms with van der Waals surface area (Å²) in [6, 6.07) is 4.22. The van der Waals surface area contributed by atoms with E-state index in [0.29, 0.717) is 9.78 Å². The molecule has 0 N–H and O–H groups in total. The van der Waals surface area contributed by atoms with Crippen LogP contribution >= 0.6 is 23.1 Å². The minimum atomic E-state index is -2.37. The summed E-state index contributed by atoms with van der Waals surface area (Å²) in [4.78, 5) is 0. The van der Waals surface area contributed by atoms with Gasteiger partial charge >= 0.3 is 0 Å². The van der Waals surface area contributed by atoms with Crippen LogP contribution < -0.4 is 5.30 Å². The highest BCUT2D eigenvalue weighted by Gasteiger charge is 2.15. The van der Waals surface area contributed by atoms with Crippen LogP contribution in [-0.2, 0) is 4.57 Å². The number of hydrogen-bond acceptors (Lipinski definition) is 1. The van der Waals surface area contributed by atoms with Crippen molar-refractivity contribution in [3.05, 3.63) is 28.5 Å². The van der Waals surface area contributed by atoms with Gasteiger partial charge < -0.3 is 4.57 Å². The van der Waals surface area contributed by atoms with E-state index in [2.05, 4.69) is 15.9 Å². The summed E-state index contributed by atoms with van der Waals surface area (Å²) in [5, 5.41) is 0.558. The zero-order valence-electron chi connectivity index (χ0n) is 6.84. The van der Waals surface area contributed by atoms with Gasteiger partial charge in [0.2, 0.25) is 0 Å². The molecule has 0 amide bonds. The van der Waals surface area contributed by atoms with Gasteiger partial charge in [-0.3, -0.25) is 0 Å². The summed E-state index contributed by atoms with van der Waals surface area (Å²) in [6.45, 7) is 3.24. The lowest BCUT2D eigenvalue weighted by atomic mass is 10.3. The van der Waals surface area contributed by atoms with Crippen molar-refractivity contribution in [3.63, 3.8) is 0 Å². The molecule has 0 bridgehead atoms. The molecule has 0 spiro atoms. The molecule has 1 rings (SSSR count). The Morgan fingerprint density at radius 1 is 1.42 bits per heavy atom. The van der Waals surface area contributed by atoms with Crippen LogP contribution in [-0.4, -0.2) is 13.3 Å². The average molecular weight is 251 g/mol. The molecule has 0 saturated heterocycles. The first-order chi connectivity index (χ1) is 5.41. The second kappa shape index (κ2) is 3.31. The molecule has 0 fully saturated rings. The Labute approximate surface area is 79.5 Å². The van der Waals surface area contributed by atoms with Gasteiger partial charge in [0.05, 0.1) is 0 Å². The first-order valence-corrected chi connectivity index (χ1v) is 6.81. The highest BCUT2D eigenvalue weighted by Crippen LogP contribution is 2.37. The molecule has 12 heavy (non-hydrogen) atoms. The van der Waals surface area contributed by atoms with Crippen molar-refractivity contribution in [2.75, 3.05) is 13.3 Å². The van der Waals surface area contributed by atoms with E-state index in [4.69, 9.17) is 0 Å². The van der Waals surface area contributed by atoms with Gasteiger partial charge in [0.25, 0.3) is 0 Å². The van der Waals surface area contributed by atoms with Crippen LogP contribution in [0.25, 0.3) is 0 Å². The summed E-state index contributed by atoms with van der Waals surface area (Å²) < 4.78 is 25.0. The molecule has 0 atom stereocenters. The molecule has 0 heterocycles. The summed E-state index contributed by atoms with van der Waals surface area (Å²) in [5.74, 6) is -0.350. The van der Waals surface area contributed by atoms with E-state index in [1.807, 2.05) is 0 Å². The van der Waals surface area contributed by atoms with Crippen molar-refractivity contribution >= 4 is 28.4 Å². The Kier molecular flexibility index (Phi) is 2.74. The topological polar surface area (TPSA) is 17.1 Å². The maximum atomic E-state index is 12.7. The van der Waals surface area contributed by atoms with Crippen molar-refractivity contribution in [2.24, 2.45) is 0 Å². The van der Waals surface area contributed by atoms with Crippen molar-refractivity contribution in [3.8, 4) is 0 Å². The van der Waals surface area contributed by atoms with Crippen LogP contribution in [0.5, 0.6) is 0 Å². The molecule has 0 aliphatic rings. The molecule has 0 saturated carbocycles. The molecular formula is C8H9BrFOP. The summed E-state index contributed by atoms with van der Waals surface area (Å²) >= 11 is 3.23. The van der Waals surface area contributed by atoms with Crippen LogP contribution in [0.2, 0.25) is 0 Å². The van der Waals surface area contributed by atoms with Crippen molar-refractivity contribution in [2.45, 2.75) is 0 Å². The third-order valence-electron chi connectivity index (χ3n) is 1.49. The van der Waals surface area contributed by atoms with Gasteiger partial charge in [-0.25, -0.2) is 4.39 Å². The monoisotopic (exact) mass is 250 g/mol. The van der Waals surface area contributed by atoms with Gasteiger partial charge in [-0.1, -0.05) is 15.9 Å². The Morgan fingerprint density at radius 3 is 2.42 bits per heavy atom. The number of hydrogen-bond donors (Lipinski definition) is 0. The lowest BCUT2D eigenvalue weighted by Crippen LogP contribution is -2.05. The summed E-state index contributed by atoms with van der Waals surface area (Å²) in [5.41, 5.74) is 0. The van der Waals surface area contributed by atoms with Gasteiger partial charge in [0.1, 0.15) is 13.0 Å². The van der Waals surface area contributed by atoms with E-state index in [1.165, 1.54) is 12.1 Å². The molecule has 0 aliphatic carbocycles. The van der Waals surface area contributed by atoms with Gasteiger partial charge in [0, 0.05) is 9.78 Å². The lowest BCUT2D eigenvalue weighted by molar-refractivity contribution is 0.587. The predicted molar refractivity (Wildman–Crippen MR) is 53.2 cm³/mol. The van der Waals surface area contributed by atoms with Gasteiger partial charge in [-0.2, -0.15) is 0 Å². The maximum Gasteiger partial charge on any atom is 0.124 e. The molecular weight excluding hydrogens is 242 g/mol. The van der Waals surface area contributed by atoms with E-state index in [9.17, 15) is 8.96 Å². The zero-order chi connectivity index (χ0) is 9.35. The van der Waals surface area contributed by atoms with Crippen LogP contribution in [0, 0.1) is 5.82 Å². The Morgan fingerprint density at radius 2 is 2.00 bits per heavy atom. The number of rotatable bonds is 1. The first kappa shape index (κ1) is 9.94. The summed E-state index contributed by atoms with van der Waals surface area (Å²) in [6.07, 6.45) is 0. The van der Waals surface area contributed by atoms with E-state index in [-0.39, 0.29) is 5.82 Å². The van der Waals surface area contributed by atoms with Gasteiger partial charge in [-0.15, -0.1) is 0 Å². The molecule has 0 aliphatic heterocycles. The molecule has 66 valence electrons. The normalized spacial score (nSPS) is 11.7. The van der Waals surface area contributed by atoms with E-state index < -0.39 is 7.14 Å². The average Bonchev–Trinajstić information content (AvgIpc) is 1.92. The minimum absolute atomic E-state index is 0.350. The predicted octanol–water partition coefficient (Wildman–Crippen LogP) is 2.84. The highest BCUT2D eigenvalue weighted by molar-refractivity contribution is 9.10. The fraction of sp³-hybridized carbons (Fsp3) is 0.250. The Balaban J connectivity index is 3.33. The van der Waals surface area contributed by atoms with Crippen molar-refractivity contribution in [1.82, 2.24) is 0 Å². The maximum absolute atomic E-state index is 12.7. The molecule has 1 aromatic carbocycles. The molecule has 0 aromatic heterocycles. The fourth-order valence-electron chi connectivity index (χ4n) is 0.898. The quantitative estimate of drug-likeness (QED) is 0.701. The largest absolute Gasteiger partial charge is 0.319 e. The standard InChI is InChI=1S/C8H9BrFOP/c1-12(2,11)8-5-6(10)3-4-7(8)9/h3-5H,1-2H3. The molecule has 0 radical (unpaired) electrons. The van der Waals surface area contributed by atoms with Crippen LogP contribution in [0.4, 0.5) is 4.39 Å². The second-order valence-electron chi connectivity index (χ2n) is 2.95. The lowest BCUT2D eigenvalue weighted by Gasteiger charge is -2.08. The van der Waals surface area contributed by atoms with Crippen LogP contribution in [0.3, 0.4) is 0 Å². The SMILES string of the molecule is CP(C)(=O)c1cc(F)ccc1Br. The van der Waals surface area contributed by atoms with Crippen molar-refractivity contribution < 1.29 is 8.96 Å². The minimum Gasteiger partial charge on any atom is -0.319 e. The Bertz CT molecular complexity index is 345. The fourth-order valence-corrected chi connectivity index (χ4v) is 3.45. The van der Waals surface area contributed by atoms with Gasteiger partial charge in [-0.05, 0) is 31.5 Å². The van der Waals surface area contributed by atoms with E-state index in [1.54, 1.807) is 19.4 Å². The van der Waals surface area contributed by atoms with Crippen LogP contribution in [0.15, 0.2) is 22.7 Å².